The summed E-state index contributed by atoms with van der Waals surface area (Å²) in [4.78, 5) is 0.365. The van der Waals surface area contributed by atoms with Crippen molar-refractivity contribution in [2.45, 2.75) is 37.2 Å². The third kappa shape index (κ3) is 3.77. The maximum absolute atomic E-state index is 11.7. The predicted molar refractivity (Wildman–Crippen MR) is 51.5 cm³/mol. The lowest BCUT2D eigenvalue weighted by atomic mass is 10.00. The van der Waals surface area contributed by atoms with Gasteiger partial charge in [0.25, 0.3) is 0 Å². The molecule has 1 saturated carbocycles. The monoisotopic (exact) mass is 274 g/mol. The van der Waals surface area contributed by atoms with Crippen molar-refractivity contribution < 1.29 is 17.9 Å². The van der Waals surface area contributed by atoms with Gasteiger partial charge in [0.15, 0.2) is 0 Å². The topological polar surface area (TPSA) is 9.23 Å². The van der Waals surface area contributed by atoms with Crippen LogP contribution in [0, 0.1) is 5.41 Å². The van der Waals surface area contributed by atoms with E-state index in [9.17, 15) is 13.2 Å². The normalized spacial score (nSPS) is 22.1. The van der Waals surface area contributed by atoms with E-state index in [1.807, 2.05) is 6.92 Å². The first-order valence-corrected chi connectivity index (χ1v) is 5.56. The van der Waals surface area contributed by atoms with E-state index in [2.05, 4.69) is 20.7 Å². The van der Waals surface area contributed by atoms with Crippen LogP contribution in [-0.4, -0.2) is 24.2 Å². The summed E-state index contributed by atoms with van der Waals surface area (Å²) in [5, 5.41) is 0. The summed E-state index contributed by atoms with van der Waals surface area (Å²) in [5.74, 6) is 0. The van der Waals surface area contributed by atoms with Crippen LogP contribution >= 0.6 is 15.9 Å². The van der Waals surface area contributed by atoms with Crippen LogP contribution in [-0.2, 0) is 4.74 Å². The first-order valence-electron chi connectivity index (χ1n) is 4.64. The van der Waals surface area contributed by atoms with Crippen molar-refractivity contribution in [3.8, 4) is 0 Å². The summed E-state index contributed by atoms with van der Waals surface area (Å²) in [5.41, 5.74) is 0.200. The van der Waals surface area contributed by atoms with Gasteiger partial charge in [-0.25, -0.2) is 0 Å². The average molecular weight is 275 g/mol. The zero-order chi connectivity index (χ0) is 10.8. The van der Waals surface area contributed by atoms with Gasteiger partial charge < -0.3 is 4.74 Å². The van der Waals surface area contributed by atoms with Crippen molar-refractivity contribution >= 4 is 15.9 Å². The molecule has 0 aromatic carbocycles. The van der Waals surface area contributed by atoms with Crippen LogP contribution in [0.25, 0.3) is 0 Å². The van der Waals surface area contributed by atoms with Crippen LogP contribution in [0.15, 0.2) is 0 Å². The van der Waals surface area contributed by atoms with E-state index in [4.69, 9.17) is 0 Å². The van der Waals surface area contributed by atoms with Crippen LogP contribution < -0.4 is 0 Å². The Kier molecular flexibility index (Phi) is 3.86. The van der Waals surface area contributed by atoms with Gasteiger partial charge in [0, 0.05) is 11.4 Å². The molecule has 1 fully saturated rings. The second-order valence-electron chi connectivity index (χ2n) is 3.90. The molecule has 0 aromatic heterocycles. The highest BCUT2D eigenvalue weighted by Crippen LogP contribution is 2.54. The quantitative estimate of drug-likeness (QED) is 0.551. The van der Waals surface area contributed by atoms with Crippen molar-refractivity contribution in [2.24, 2.45) is 5.41 Å². The molecule has 1 atom stereocenters. The minimum absolute atomic E-state index is 0.200. The fourth-order valence-electron chi connectivity index (χ4n) is 1.47. The van der Waals surface area contributed by atoms with E-state index >= 15 is 0 Å². The summed E-state index contributed by atoms with van der Waals surface area (Å²) in [6.45, 7) is 1.12. The SMILES string of the molecule is CC(Br)C1(CCOCC(F)(F)F)CC1. The summed E-state index contributed by atoms with van der Waals surface area (Å²) < 4.78 is 39.7. The second-order valence-corrected chi connectivity index (χ2v) is 5.27. The van der Waals surface area contributed by atoms with Gasteiger partial charge in [-0.1, -0.05) is 22.9 Å². The molecule has 0 saturated heterocycles. The standard InChI is InChI=1S/C9H14BrF3O/c1-7(10)8(2-3-8)4-5-14-6-9(11,12)13/h7H,2-6H2,1H3. The van der Waals surface area contributed by atoms with Gasteiger partial charge in [-0.3, -0.25) is 0 Å². The lowest BCUT2D eigenvalue weighted by Crippen LogP contribution is -2.20. The number of hydrogen-bond acceptors (Lipinski definition) is 1. The number of ether oxygens (including phenoxy) is 1. The molecule has 1 rings (SSSR count). The summed E-state index contributed by atoms with van der Waals surface area (Å²) in [6, 6.07) is 0. The maximum atomic E-state index is 11.7. The maximum Gasteiger partial charge on any atom is 0.411 e. The second kappa shape index (κ2) is 4.39. The molecule has 84 valence electrons. The van der Waals surface area contributed by atoms with E-state index in [-0.39, 0.29) is 12.0 Å². The summed E-state index contributed by atoms with van der Waals surface area (Å²) in [6.07, 6.45) is -1.30. The van der Waals surface area contributed by atoms with Gasteiger partial charge in [0.05, 0.1) is 0 Å². The number of rotatable bonds is 5. The molecule has 0 aromatic rings. The van der Waals surface area contributed by atoms with E-state index in [1.165, 1.54) is 0 Å². The van der Waals surface area contributed by atoms with Crippen LogP contribution in [0.2, 0.25) is 0 Å². The van der Waals surface area contributed by atoms with Gasteiger partial charge in [-0.2, -0.15) is 13.2 Å². The van der Waals surface area contributed by atoms with E-state index < -0.39 is 12.8 Å². The van der Waals surface area contributed by atoms with Crippen molar-refractivity contribution in [2.75, 3.05) is 13.2 Å². The highest BCUT2D eigenvalue weighted by molar-refractivity contribution is 9.09. The first kappa shape index (κ1) is 12.3. The largest absolute Gasteiger partial charge is 0.411 e. The lowest BCUT2D eigenvalue weighted by molar-refractivity contribution is -0.174. The highest BCUT2D eigenvalue weighted by Gasteiger charge is 2.45. The molecule has 5 heteroatoms. The molecule has 14 heavy (non-hydrogen) atoms. The first-order chi connectivity index (χ1) is 6.36. The summed E-state index contributed by atoms with van der Waals surface area (Å²) in [7, 11) is 0. The molecule has 0 radical (unpaired) electrons. The predicted octanol–water partition coefficient (Wildman–Crippen LogP) is 3.52. The van der Waals surface area contributed by atoms with Gasteiger partial charge >= 0.3 is 6.18 Å². The Hall–Kier alpha value is 0.230. The lowest BCUT2D eigenvalue weighted by Gasteiger charge is -2.18. The van der Waals surface area contributed by atoms with Crippen molar-refractivity contribution in [1.29, 1.82) is 0 Å². The Labute approximate surface area is 90.1 Å². The molecular formula is C9H14BrF3O. The fourth-order valence-corrected chi connectivity index (χ4v) is 2.16. The highest BCUT2D eigenvalue weighted by atomic mass is 79.9. The third-order valence-electron chi connectivity index (χ3n) is 2.75. The zero-order valence-electron chi connectivity index (χ0n) is 8.03. The smallest absolute Gasteiger partial charge is 0.372 e. The molecule has 1 aliphatic carbocycles. The molecule has 0 amide bonds. The molecule has 1 aliphatic rings. The minimum atomic E-state index is -4.20. The van der Waals surface area contributed by atoms with E-state index in [0.717, 1.165) is 19.3 Å². The average Bonchev–Trinajstić information content (AvgIpc) is 2.77. The Bertz CT molecular complexity index is 187. The van der Waals surface area contributed by atoms with Crippen molar-refractivity contribution in [3.05, 3.63) is 0 Å². The van der Waals surface area contributed by atoms with Crippen LogP contribution in [0.3, 0.4) is 0 Å². The molecule has 0 N–H and O–H groups in total. The molecule has 0 heterocycles. The van der Waals surface area contributed by atoms with Crippen LogP contribution in [0.4, 0.5) is 13.2 Å². The number of alkyl halides is 4. The van der Waals surface area contributed by atoms with Crippen LogP contribution in [0.1, 0.15) is 26.2 Å². The molecule has 1 unspecified atom stereocenters. The third-order valence-corrected chi connectivity index (χ3v) is 3.72. The van der Waals surface area contributed by atoms with E-state index in [1.54, 1.807) is 0 Å². The molecule has 0 spiro atoms. The summed E-state index contributed by atoms with van der Waals surface area (Å²) >= 11 is 3.47. The Morgan fingerprint density at radius 1 is 1.43 bits per heavy atom. The molecule has 0 aliphatic heterocycles. The van der Waals surface area contributed by atoms with Crippen molar-refractivity contribution in [1.82, 2.24) is 0 Å². The molecular weight excluding hydrogens is 261 g/mol. The number of halogens is 4. The van der Waals surface area contributed by atoms with Crippen LogP contribution in [0.5, 0.6) is 0 Å². The minimum Gasteiger partial charge on any atom is -0.372 e. The Balaban J connectivity index is 2.10. The fraction of sp³-hybridized carbons (Fsp3) is 1.00. The Morgan fingerprint density at radius 2 is 2.00 bits per heavy atom. The van der Waals surface area contributed by atoms with Gasteiger partial charge in [0.1, 0.15) is 6.61 Å². The van der Waals surface area contributed by atoms with Gasteiger partial charge in [-0.05, 0) is 24.7 Å². The number of hydrogen-bond donors (Lipinski definition) is 0. The van der Waals surface area contributed by atoms with Gasteiger partial charge in [0.2, 0.25) is 0 Å². The molecule has 0 bridgehead atoms. The van der Waals surface area contributed by atoms with Crippen molar-refractivity contribution in [3.63, 3.8) is 0 Å². The Morgan fingerprint density at radius 3 is 2.36 bits per heavy atom. The van der Waals surface area contributed by atoms with Gasteiger partial charge in [-0.15, -0.1) is 0 Å². The molecule has 1 nitrogen and oxygen atoms in total. The zero-order valence-corrected chi connectivity index (χ0v) is 9.62. The van der Waals surface area contributed by atoms with E-state index in [0.29, 0.717) is 4.83 Å².